The lowest BCUT2D eigenvalue weighted by Crippen LogP contribution is -2.42. The van der Waals surface area contributed by atoms with Crippen LogP contribution in [0.1, 0.15) is 36.8 Å². The van der Waals surface area contributed by atoms with E-state index in [2.05, 4.69) is 10.2 Å². The topological polar surface area (TPSA) is 41.6 Å². The number of ether oxygens (including phenoxy) is 1. The number of hydrogen-bond donors (Lipinski definition) is 1. The number of hydrogen-bond acceptors (Lipinski definition) is 3. The molecule has 3 rings (SSSR count). The summed E-state index contributed by atoms with van der Waals surface area (Å²) in [7, 11) is 0. The Morgan fingerprint density at radius 3 is 2.65 bits per heavy atom. The van der Waals surface area contributed by atoms with Gasteiger partial charge in [-0.05, 0) is 50.4 Å². The zero-order valence-electron chi connectivity index (χ0n) is 14.7. The average molecular weight is 370 g/mol. The van der Waals surface area contributed by atoms with E-state index in [0.29, 0.717) is 31.7 Å². The Labute approximate surface area is 151 Å². The molecule has 1 amide bonds. The summed E-state index contributed by atoms with van der Waals surface area (Å²) in [4.78, 5) is 14.4. The Balaban J connectivity index is 1.44. The smallest absolute Gasteiger partial charge is 0.376 e. The summed E-state index contributed by atoms with van der Waals surface area (Å²) in [5, 5.41) is 2.98. The van der Waals surface area contributed by atoms with Crippen molar-refractivity contribution in [3.63, 3.8) is 0 Å². The van der Waals surface area contributed by atoms with Gasteiger partial charge in [-0.25, -0.2) is 0 Å². The Kier molecular flexibility index (Phi) is 6.19. The van der Waals surface area contributed by atoms with Gasteiger partial charge >= 0.3 is 6.18 Å². The molecular weight excluding hydrogens is 345 g/mol. The van der Waals surface area contributed by atoms with Crippen molar-refractivity contribution in [2.45, 2.75) is 44.5 Å². The average Bonchev–Trinajstić information content (AvgIpc) is 3.13. The molecule has 1 N–H and O–H groups in total. The molecule has 1 aromatic rings. The predicted molar refractivity (Wildman–Crippen MR) is 91.4 cm³/mol. The molecule has 2 saturated heterocycles. The quantitative estimate of drug-likeness (QED) is 0.865. The third-order valence-corrected chi connectivity index (χ3v) is 5.15. The molecule has 0 aliphatic carbocycles. The highest BCUT2D eigenvalue weighted by molar-refractivity contribution is 5.78. The minimum Gasteiger partial charge on any atom is -0.376 e. The highest BCUT2D eigenvalue weighted by Crippen LogP contribution is 2.30. The van der Waals surface area contributed by atoms with Crippen LogP contribution in [0, 0.1) is 5.92 Å². The third kappa shape index (κ3) is 5.20. The van der Waals surface area contributed by atoms with Crippen molar-refractivity contribution in [1.82, 2.24) is 10.2 Å². The molecule has 2 aliphatic rings. The van der Waals surface area contributed by atoms with E-state index < -0.39 is 11.7 Å². The first-order valence-corrected chi connectivity index (χ1v) is 9.19. The number of halogens is 3. The van der Waals surface area contributed by atoms with Crippen LogP contribution in [0.3, 0.4) is 0 Å². The van der Waals surface area contributed by atoms with Gasteiger partial charge in [-0.2, -0.15) is 13.2 Å². The molecule has 2 aliphatic heterocycles. The first-order valence-electron chi connectivity index (χ1n) is 9.19. The monoisotopic (exact) mass is 370 g/mol. The van der Waals surface area contributed by atoms with Gasteiger partial charge in [0.2, 0.25) is 5.91 Å². The highest BCUT2D eigenvalue weighted by atomic mass is 19.4. The number of amides is 1. The Morgan fingerprint density at radius 2 is 2.00 bits per heavy atom. The van der Waals surface area contributed by atoms with E-state index in [9.17, 15) is 18.0 Å². The number of nitrogens with zero attached hydrogens (tertiary/aromatic N) is 1. The van der Waals surface area contributed by atoms with Crippen LogP contribution in [0.15, 0.2) is 24.3 Å². The second kappa shape index (κ2) is 8.39. The maximum absolute atomic E-state index is 12.8. The minimum absolute atomic E-state index is 0.0193. The van der Waals surface area contributed by atoms with Crippen LogP contribution in [-0.2, 0) is 22.3 Å². The van der Waals surface area contributed by atoms with Gasteiger partial charge in [0.25, 0.3) is 0 Å². The number of alkyl halides is 3. The summed E-state index contributed by atoms with van der Waals surface area (Å²) in [6.07, 6.45) is -0.666. The molecule has 0 spiro atoms. The zero-order valence-corrected chi connectivity index (χ0v) is 14.7. The molecule has 7 heteroatoms. The molecular formula is C19H25F3N2O2. The molecule has 0 saturated carbocycles. The van der Waals surface area contributed by atoms with Crippen LogP contribution < -0.4 is 5.32 Å². The van der Waals surface area contributed by atoms with Gasteiger partial charge in [0.05, 0.1) is 11.7 Å². The molecule has 0 radical (unpaired) electrons. The first kappa shape index (κ1) is 19.2. The predicted octanol–water partition coefficient (Wildman–Crippen LogP) is 3.21. The Morgan fingerprint density at radius 1 is 1.23 bits per heavy atom. The molecule has 0 aromatic heterocycles. The number of piperidine rings is 1. The van der Waals surface area contributed by atoms with Crippen LogP contribution in [0.4, 0.5) is 13.2 Å². The first-order chi connectivity index (χ1) is 12.4. The number of rotatable bonds is 5. The van der Waals surface area contributed by atoms with Gasteiger partial charge in [0.1, 0.15) is 0 Å². The molecule has 0 bridgehead atoms. The van der Waals surface area contributed by atoms with Crippen LogP contribution in [0.25, 0.3) is 0 Å². The molecule has 1 unspecified atom stereocenters. The molecule has 144 valence electrons. The number of benzene rings is 1. The lowest BCUT2D eigenvalue weighted by atomic mass is 9.95. The van der Waals surface area contributed by atoms with E-state index in [1.807, 2.05) is 0 Å². The fourth-order valence-electron chi connectivity index (χ4n) is 3.62. The van der Waals surface area contributed by atoms with Gasteiger partial charge in [-0.1, -0.05) is 18.2 Å². The van der Waals surface area contributed by atoms with Crippen molar-refractivity contribution in [1.29, 1.82) is 0 Å². The largest absolute Gasteiger partial charge is 0.416 e. The maximum atomic E-state index is 12.8. The minimum atomic E-state index is -4.32. The van der Waals surface area contributed by atoms with Crippen molar-refractivity contribution in [2.24, 2.45) is 5.92 Å². The van der Waals surface area contributed by atoms with Crippen molar-refractivity contribution in [3.05, 3.63) is 35.4 Å². The van der Waals surface area contributed by atoms with E-state index in [1.54, 1.807) is 6.07 Å². The van der Waals surface area contributed by atoms with Crippen LogP contribution in [0.2, 0.25) is 0 Å². The van der Waals surface area contributed by atoms with E-state index in [-0.39, 0.29) is 17.9 Å². The lowest BCUT2D eigenvalue weighted by Gasteiger charge is -2.31. The molecule has 4 nitrogen and oxygen atoms in total. The summed E-state index contributed by atoms with van der Waals surface area (Å²) >= 11 is 0. The lowest BCUT2D eigenvalue weighted by molar-refractivity contribution is -0.137. The van der Waals surface area contributed by atoms with Crippen LogP contribution >= 0.6 is 0 Å². The second-order valence-corrected chi connectivity index (χ2v) is 7.13. The normalized spacial score (nSPS) is 22.5. The van der Waals surface area contributed by atoms with Crippen molar-refractivity contribution in [3.8, 4) is 0 Å². The second-order valence-electron chi connectivity index (χ2n) is 7.13. The van der Waals surface area contributed by atoms with E-state index >= 15 is 0 Å². The SMILES string of the molecule is O=C(NCC1CCCO1)C1CCN(Cc2cccc(C(F)(F)F)c2)CC1. The zero-order chi connectivity index (χ0) is 18.6. The Bertz CT molecular complexity index is 607. The van der Waals surface area contributed by atoms with Crippen molar-refractivity contribution < 1.29 is 22.7 Å². The molecule has 1 atom stereocenters. The van der Waals surface area contributed by atoms with E-state index in [1.165, 1.54) is 12.1 Å². The molecule has 2 fully saturated rings. The highest BCUT2D eigenvalue weighted by Gasteiger charge is 2.31. The van der Waals surface area contributed by atoms with Gasteiger partial charge < -0.3 is 10.1 Å². The van der Waals surface area contributed by atoms with Crippen molar-refractivity contribution in [2.75, 3.05) is 26.2 Å². The van der Waals surface area contributed by atoms with E-state index in [4.69, 9.17) is 4.74 Å². The van der Waals surface area contributed by atoms with Crippen molar-refractivity contribution >= 4 is 5.91 Å². The molecule has 2 heterocycles. The Hall–Kier alpha value is -1.60. The van der Waals surface area contributed by atoms with Gasteiger partial charge in [-0.15, -0.1) is 0 Å². The summed E-state index contributed by atoms with van der Waals surface area (Å²) in [6.45, 7) is 3.26. The summed E-state index contributed by atoms with van der Waals surface area (Å²) in [6, 6.07) is 5.47. The fraction of sp³-hybridized carbons (Fsp3) is 0.632. The standard InChI is InChI=1S/C19H25F3N2O2/c20-19(21,22)16-4-1-3-14(11-16)13-24-8-6-15(7-9-24)18(25)23-12-17-5-2-10-26-17/h1,3-4,11,15,17H,2,5-10,12-13H2,(H,23,25). The number of carbonyl (C=O) groups excluding carboxylic acids is 1. The third-order valence-electron chi connectivity index (χ3n) is 5.15. The summed E-state index contributed by atoms with van der Waals surface area (Å²) < 4.78 is 43.9. The number of carbonyl (C=O) groups is 1. The number of nitrogens with one attached hydrogen (secondary N) is 1. The van der Waals surface area contributed by atoms with Crippen LogP contribution in [0.5, 0.6) is 0 Å². The maximum Gasteiger partial charge on any atom is 0.416 e. The molecule has 1 aromatic carbocycles. The summed E-state index contributed by atoms with van der Waals surface area (Å²) in [5.74, 6) is 0.0494. The molecule has 26 heavy (non-hydrogen) atoms. The van der Waals surface area contributed by atoms with Gasteiger partial charge in [0, 0.05) is 25.6 Å². The van der Waals surface area contributed by atoms with Crippen LogP contribution in [-0.4, -0.2) is 43.2 Å². The van der Waals surface area contributed by atoms with Gasteiger partial charge in [0.15, 0.2) is 0 Å². The summed E-state index contributed by atoms with van der Waals surface area (Å²) in [5.41, 5.74) is 0.0412. The fourth-order valence-corrected chi connectivity index (χ4v) is 3.62. The van der Waals surface area contributed by atoms with Gasteiger partial charge in [-0.3, -0.25) is 9.69 Å². The number of likely N-dealkylation sites (tertiary alicyclic amines) is 1. The van der Waals surface area contributed by atoms with E-state index in [0.717, 1.165) is 38.4 Å².